The molecule has 0 spiro atoms. The molecule has 0 fully saturated rings. The molecule has 93 valence electrons. The van der Waals surface area contributed by atoms with Crippen LogP contribution in [-0.4, -0.2) is 32.4 Å². The Morgan fingerprint density at radius 1 is 1.06 bits per heavy atom. The summed E-state index contributed by atoms with van der Waals surface area (Å²) in [5.74, 6) is 0.466. The third kappa shape index (κ3) is 2.31. The molecule has 2 rings (SSSR count). The Morgan fingerprint density at radius 3 is 2.00 bits per heavy atom. The van der Waals surface area contributed by atoms with E-state index in [4.69, 9.17) is 0 Å². The SMILES string of the molecule is CC1(C)CCC(C)(C)c2cc([Se][Se])c(O)cc21. The van der Waals surface area contributed by atoms with E-state index in [1.54, 1.807) is 0 Å². The van der Waals surface area contributed by atoms with Gasteiger partial charge < -0.3 is 0 Å². The maximum absolute atomic E-state index is 10.1. The molecule has 1 aromatic carbocycles. The Kier molecular flexibility index (Phi) is 3.42. The fourth-order valence-electron chi connectivity index (χ4n) is 2.65. The second kappa shape index (κ2) is 4.31. The number of aromatic hydroxyl groups is 1. The molecule has 0 amide bonds. The van der Waals surface area contributed by atoms with Crippen LogP contribution < -0.4 is 4.46 Å². The van der Waals surface area contributed by atoms with Crippen molar-refractivity contribution in [3.63, 3.8) is 0 Å². The van der Waals surface area contributed by atoms with E-state index >= 15 is 0 Å². The molecule has 3 heteroatoms. The Balaban J connectivity index is 2.68. The Bertz CT molecular complexity index is 450. The zero-order valence-electron chi connectivity index (χ0n) is 10.8. The van der Waals surface area contributed by atoms with Gasteiger partial charge >= 0.3 is 117 Å². The third-order valence-electron chi connectivity index (χ3n) is 4.02. The van der Waals surface area contributed by atoms with Gasteiger partial charge in [0.25, 0.3) is 0 Å². The molecule has 1 aliphatic carbocycles. The first kappa shape index (κ1) is 13.5. The summed E-state index contributed by atoms with van der Waals surface area (Å²) in [6, 6.07) is 4.23. The quantitative estimate of drug-likeness (QED) is 0.761. The van der Waals surface area contributed by atoms with Gasteiger partial charge in [-0.15, -0.1) is 0 Å². The first-order valence-electron chi connectivity index (χ1n) is 5.96. The van der Waals surface area contributed by atoms with Gasteiger partial charge in [0.2, 0.25) is 0 Å². The van der Waals surface area contributed by atoms with Crippen molar-refractivity contribution in [3.8, 4) is 5.75 Å². The molecule has 0 saturated heterocycles. The molecular formula is C14H19OSe2. The van der Waals surface area contributed by atoms with Gasteiger partial charge in [0, 0.05) is 0 Å². The Hall–Kier alpha value is 0.0590. The summed E-state index contributed by atoms with van der Waals surface area (Å²) in [5, 5.41) is 10.1. The van der Waals surface area contributed by atoms with Gasteiger partial charge in [-0.2, -0.15) is 0 Å². The summed E-state index contributed by atoms with van der Waals surface area (Å²) in [6.45, 7) is 9.19. The van der Waals surface area contributed by atoms with Gasteiger partial charge in [-0.1, -0.05) is 0 Å². The molecule has 1 aliphatic rings. The van der Waals surface area contributed by atoms with Crippen LogP contribution in [0.2, 0.25) is 0 Å². The van der Waals surface area contributed by atoms with Crippen molar-refractivity contribution in [2.75, 3.05) is 0 Å². The molecule has 0 atom stereocenters. The second-order valence-corrected chi connectivity index (χ2v) is 9.31. The summed E-state index contributed by atoms with van der Waals surface area (Å²) < 4.78 is 1.09. The van der Waals surface area contributed by atoms with Gasteiger partial charge in [0.15, 0.2) is 0 Å². The molecule has 0 bridgehead atoms. The van der Waals surface area contributed by atoms with E-state index in [1.165, 1.54) is 24.0 Å². The standard InChI is InChI=1S/C14H19OSe2/c1-13(2)5-6-14(3,4)10-8-12(17-16)11(15)7-9(10)13/h7-8,15H,5-6H2,1-4H3. The van der Waals surface area contributed by atoms with Crippen LogP contribution in [0.1, 0.15) is 51.7 Å². The summed E-state index contributed by atoms with van der Waals surface area (Å²) in [4.78, 5) is 0. The summed E-state index contributed by atoms with van der Waals surface area (Å²) in [6.07, 6.45) is 2.41. The zero-order valence-corrected chi connectivity index (χ0v) is 14.3. The number of phenolic OH excluding ortho intramolecular Hbond substituents is 1. The van der Waals surface area contributed by atoms with E-state index < -0.39 is 0 Å². The third-order valence-corrected chi connectivity index (χ3v) is 7.04. The number of benzene rings is 1. The van der Waals surface area contributed by atoms with Gasteiger partial charge in [0.1, 0.15) is 0 Å². The number of hydrogen-bond donors (Lipinski definition) is 1. The minimum atomic E-state index is 0.186. The summed E-state index contributed by atoms with van der Waals surface area (Å²) in [5.41, 5.74) is 3.18. The summed E-state index contributed by atoms with van der Waals surface area (Å²) in [7, 11) is 0. The fraction of sp³-hybridized carbons (Fsp3) is 0.571. The van der Waals surface area contributed by atoms with E-state index in [1.807, 2.05) is 6.07 Å². The molecule has 17 heavy (non-hydrogen) atoms. The molecule has 0 aliphatic heterocycles. The zero-order chi connectivity index (χ0) is 12.8. The van der Waals surface area contributed by atoms with E-state index in [2.05, 4.69) is 47.9 Å². The van der Waals surface area contributed by atoms with Crippen molar-refractivity contribution >= 4 is 31.8 Å². The molecule has 0 aromatic heterocycles. The molecule has 1 N–H and O–H groups in total. The first-order chi connectivity index (χ1) is 7.78. The number of hydrogen-bond acceptors (Lipinski definition) is 1. The van der Waals surface area contributed by atoms with Crippen molar-refractivity contribution in [3.05, 3.63) is 23.3 Å². The second-order valence-electron chi connectivity index (χ2n) is 6.22. The minimum absolute atomic E-state index is 0.186. The van der Waals surface area contributed by atoms with Crippen LogP contribution in [0.25, 0.3) is 0 Å². The van der Waals surface area contributed by atoms with Gasteiger partial charge in [0.05, 0.1) is 0 Å². The van der Waals surface area contributed by atoms with Crippen LogP contribution in [0.4, 0.5) is 0 Å². The fourth-order valence-corrected chi connectivity index (χ4v) is 4.76. The van der Waals surface area contributed by atoms with E-state index in [-0.39, 0.29) is 24.0 Å². The molecule has 0 heterocycles. The normalized spacial score (nSPS) is 21.0. The van der Waals surface area contributed by atoms with Crippen molar-refractivity contribution in [2.45, 2.75) is 51.4 Å². The average Bonchev–Trinajstić information content (AvgIpc) is 2.24. The van der Waals surface area contributed by atoms with Crippen molar-refractivity contribution < 1.29 is 5.11 Å². The van der Waals surface area contributed by atoms with Crippen LogP contribution in [0, 0.1) is 0 Å². The molecule has 0 saturated carbocycles. The van der Waals surface area contributed by atoms with Crippen LogP contribution in [-0.2, 0) is 10.8 Å². The van der Waals surface area contributed by atoms with Crippen LogP contribution in [0.5, 0.6) is 5.75 Å². The Morgan fingerprint density at radius 2 is 1.53 bits per heavy atom. The molecule has 1 aromatic rings. The molecular weight excluding hydrogens is 342 g/mol. The predicted molar refractivity (Wildman–Crippen MR) is 74.5 cm³/mol. The van der Waals surface area contributed by atoms with Crippen molar-refractivity contribution in [2.24, 2.45) is 0 Å². The number of fused-ring (bicyclic) bond motifs is 1. The van der Waals surface area contributed by atoms with Crippen molar-refractivity contribution in [1.29, 1.82) is 0 Å². The van der Waals surface area contributed by atoms with Crippen LogP contribution >= 0.6 is 0 Å². The van der Waals surface area contributed by atoms with Crippen molar-refractivity contribution in [1.82, 2.24) is 0 Å². The van der Waals surface area contributed by atoms with Gasteiger partial charge in [-0.05, 0) is 0 Å². The van der Waals surface area contributed by atoms with Crippen LogP contribution in [0.3, 0.4) is 0 Å². The van der Waals surface area contributed by atoms with Gasteiger partial charge in [-0.25, -0.2) is 0 Å². The molecule has 1 nitrogen and oxygen atoms in total. The molecule has 0 unspecified atom stereocenters. The van der Waals surface area contributed by atoms with Gasteiger partial charge in [-0.3, -0.25) is 0 Å². The maximum atomic E-state index is 10.1. The average molecular weight is 361 g/mol. The Labute approximate surface area is 117 Å². The van der Waals surface area contributed by atoms with E-state index in [0.717, 1.165) is 4.46 Å². The number of rotatable bonds is 1. The van der Waals surface area contributed by atoms with E-state index in [9.17, 15) is 5.11 Å². The monoisotopic (exact) mass is 363 g/mol. The molecule has 1 radical (unpaired) electrons. The topological polar surface area (TPSA) is 20.2 Å². The predicted octanol–water partition coefficient (Wildman–Crippen LogP) is 2.15. The van der Waals surface area contributed by atoms with Crippen LogP contribution in [0.15, 0.2) is 12.1 Å². The first-order valence-corrected chi connectivity index (χ1v) is 11.1. The van der Waals surface area contributed by atoms with E-state index in [0.29, 0.717) is 5.75 Å². The summed E-state index contributed by atoms with van der Waals surface area (Å²) >= 11 is 3.29. The number of phenols is 1.